The largest absolute Gasteiger partial charge is 0.381 e. The molecule has 2 aliphatic heterocycles. The third kappa shape index (κ3) is 2.23. The van der Waals surface area contributed by atoms with Crippen LogP contribution in [0.5, 0.6) is 0 Å². The minimum absolute atomic E-state index is 0.504. The van der Waals surface area contributed by atoms with E-state index in [1.807, 2.05) is 6.20 Å². The second kappa shape index (κ2) is 4.86. The van der Waals surface area contributed by atoms with Crippen molar-refractivity contribution in [3.8, 4) is 0 Å². The van der Waals surface area contributed by atoms with E-state index in [9.17, 15) is 0 Å². The number of hydrogen-bond acceptors (Lipinski definition) is 3. The number of aromatic amines is 1. The van der Waals surface area contributed by atoms with Crippen LogP contribution in [0.2, 0.25) is 0 Å². The van der Waals surface area contributed by atoms with E-state index in [1.165, 1.54) is 43.3 Å². The molecule has 2 saturated heterocycles. The summed E-state index contributed by atoms with van der Waals surface area (Å²) in [6.07, 6.45) is 5.73. The number of ether oxygens (including phenoxy) is 1. The lowest BCUT2D eigenvalue weighted by atomic mass is 9.78. The van der Waals surface area contributed by atoms with Gasteiger partial charge in [0.25, 0.3) is 0 Å². The SMILES string of the molecule is c1cc2cn[nH]c2cc1CN1CCC2(CCOC2)CC1. The highest BCUT2D eigenvalue weighted by Gasteiger charge is 2.37. The lowest BCUT2D eigenvalue weighted by molar-refractivity contribution is 0.0773. The molecule has 2 fully saturated rings. The molecule has 1 aromatic heterocycles. The van der Waals surface area contributed by atoms with E-state index in [0.29, 0.717) is 5.41 Å². The highest BCUT2D eigenvalue weighted by Crippen LogP contribution is 2.39. The first-order chi connectivity index (χ1) is 9.83. The van der Waals surface area contributed by atoms with Gasteiger partial charge in [0.2, 0.25) is 0 Å². The number of hydrogen-bond donors (Lipinski definition) is 1. The average Bonchev–Trinajstić information content (AvgIpc) is 3.11. The van der Waals surface area contributed by atoms with E-state index in [2.05, 4.69) is 33.3 Å². The summed E-state index contributed by atoms with van der Waals surface area (Å²) in [5, 5.41) is 8.33. The van der Waals surface area contributed by atoms with Crippen LogP contribution in [-0.4, -0.2) is 41.4 Å². The molecule has 106 valence electrons. The van der Waals surface area contributed by atoms with Crippen molar-refractivity contribution in [1.82, 2.24) is 15.1 Å². The van der Waals surface area contributed by atoms with Crippen molar-refractivity contribution in [3.63, 3.8) is 0 Å². The molecule has 20 heavy (non-hydrogen) atoms. The minimum atomic E-state index is 0.504. The molecule has 4 heteroatoms. The van der Waals surface area contributed by atoms with Crippen LogP contribution in [0.1, 0.15) is 24.8 Å². The number of nitrogens with zero attached hydrogens (tertiary/aromatic N) is 2. The molecule has 3 heterocycles. The fourth-order valence-corrected chi connectivity index (χ4v) is 3.57. The van der Waals surface area contributed by atoms with Gasteiger partial charge in [-0.3, -0.25) is 10.00 Å². The molecule has 1 N–H and O–H groups in total. The Labute approximate surface area is 119 Å². The lowest BCUT2D eigenvalue weighted by Gasteiger charge is -2.38. The van der Waals surface area contributed by atoms with Crippen molar-refractivity contribution < 1.29 is 4.74 Å². The predicted octanol–water partition coefficient (Wildman–Crippen LogP) is 2.57. The van der Waals surface area contributed by atoms with Gasteiger partial charge in [-0.05, 0) is 49.4 Å². The molecule has 0 unspecified atom stereocenters. The van der Waals surface area contributed by atoms with Gasteiger partial charge in [-0.15, -0.1) is 0 Å². The molecule has 1 spiro atoms. The molecule has 1 aromatic carbocycles. The summed E-state index contributed by atoms with van der Waals surface area (Å²) in [4.78, 5) is 2.57. The van der Waals surface area contributed by atoms with Gasteiger partial charge >= 0.3 is 0 Å². The number of rotatable bonds is 2. The number of nitrogens with one attached hydrogen (secondary N) is 1. The number of piperidine rings is 1. The number of aromatic nitrogens is 2. The Kier molecular flexibility index (Phi) is 3.00. The standard InChI is InChI=1S/C16H21N3O/c1-2-14-10-17-18-15(14)9-13(1)11-19-6-3-16(4-7-19)5-8-20-12-16/h1-2,9-10H,3-8,11-12H2,(H,17,18). The van der Waals surface area contributed by atoms with Gasteiger partial charge < -0.3 is 4.74 Å². The topological polar surface area (TPSA) is 41.2 Å². The van der Waals surface area contributed by atoms with E-state index in [1.54, 1.807) is 0 Å². The third-order valence-corrected chi connectivity index (χ3v) is 5.01. The number of likely N-dealkylation sites (tertiary alicyclic amines) is 1. The molecule has 0 aliphatic carbocycles. The molecule has 4 nitrogen and oxygen atoms in total. The first kappa shape index (κ1) is 12.4. The van der Waals surface area contributed by atoms with Gasteiger partial charge in [-0.2, -0.15) is 5.10 Å². The minimum Gasteiger partial charge on any atom is -0.381 e. The molecule has 0 radical (unpaired) electrons. The maximum absolute atomic E-state index is 5.60. The van der Waals surface area contributed by atoms with E-state index in [-0.39, 0.29) is 0 Å². The highest BCUT2D eigenvalue weighted by molar-refractivity contribution is 5.78. The average molecular weight is 271 g/mol. The van der Waals surface area contributed by atoms with Crippen molar-refractivity contribution in [3.05, 3.63) is 30.0 Å². The smallest absolute Gasteiger partial charge is 0.0653 e. The zero-order chi connectivity index (χ0) is 13.4. The molecular formula is C16H21N3O. The Morgan fingerprint density at radius 3 is 2.95 bits per heavy atom. The van der Waals surface area contributed by atoms with Crippen LogP contribution in [0, 0.1) is 5.41 Å². The van der Waals surface area contributed by atoms with E-state index in [0.717, 1.165) is 25.3 Å². The summed E-state index contributed by atoms with van der Waals surface area (Å²) in [6.45, 7) is 5.40. The number of benzene rings is 1. The Morgan fingerprint density at radius 1 is 1.25 bits per heavy atom. The first-order valence-electron chi connectivity index (χ1n) is 7.55. The van der Waals surface area contributed by atoms with Crippen LogP contribution < -0.4 is 0 Å². The predicted molar refractivity (Wildman–Crippen MR) is 78.5 cm³/mol. The molecule has 0 bridgehead atoms. The fraction of sp³-hybridized carbons (Fsp3) is 0.562. The van der Waals surface area contributed by atoms with Crippen molar-refractivity contribution in [1.29, 1.82) is 0 Å². The van der Waals surface area contributed by atoms with Gasteiger partial charge in [-0.1, -0.05) is 12.1 Å². The summed E-state index contributed by atoms with van der Waals surface area (Å²) in [5.74, 6) is 0. The van der Waals surface area contributed by atoms with Crippen molar-refractivity contribution in [2.45, 2.75) is 25.8 Å². The molecule has 2 aromatic rings. The van der Waals surface area contributed by atoms with Crippen molar-refractivity contribution >= 4 is 10.9 Å². The quantitative estimate of drug-likeness (QED) is 0.912. The summed E-state index contributed by atoms with van der Waals surface area (Å²) >= 11 is 0. The zero-order valence-electron chi connectivity index (χ0n) is 11.8. The summed E-state index contributed by atoms with van der Waals surface area (Å²) in [5.41, 5.74) is 3.02. The summed E-state index contributed by atoms with van der Waals surface area (Å²) < 4.78 is 5.60. The summed E-state index contributed by atoms with van der Waals surface area (Å²) in [6, 6.07) is 6.61. The van der Waals surface area contributed by atoms with Crippen LogP contribution in [0.15, 0.2) is 24.4 Å². The fourth-order valence-electron chi connectivity index (χ4n) is 3.57. The van der Waals surface area contributed by atoms with Crippen LogP contribution in [0.25, 0.3) is 10.9 Å². The van der Waals surface area contributed by atoms with Crippen molar-refractivity contribution in [2.75, 3.05) is 26.3 Å². The molecule has 2 aliphatic rings. The van der Waals surface area contributed by atoms with Gasteiger partial charge in [0, 0.05) is 18.5 Å². The Bertz CT molecular complexity index is 591. The molecule has 0 saturated carbocycles. The van der Waals surface area contributed by atoms with Gasteiger partial charge in [-0.25, -0.2) is 0 Å². The van der Waals surface area contributed by atoms with Gasteiger partial charge in [0.05, 0.1) is 18.3 Å². The van der Waals surface area contributed by atoms with Crippen LogP contribution in [0.4, 0.5) is 0 Å². The maximum atomic E-state index is 5.60. The Hall–Kier alpha value is -1.39. The van der Waals surface area contributed by atoms with E-state index < -0.39 is 0 Å². The first-order valence-corrected chi connectivity index (χ1v) is 7.55. The normalized spacial score (nSPS) is 22.8. The molecular weight excluding hydrogens is 250 g/mol. The molecule has 0 atom stereocenters. The van der Waals surface area contributed by atoms with E-state index in [4.69, 9.17) is 4.74 Å². The third-order valence-electron chi connectivity index (χ3n) is 5.01. The van der Waals surface area contributed by atoms with Crippen molar-refractivity contribution in [2.24, 2.45) is 5.41 Å². The summed E-state index contributed by atoms with van der Waals surface area (Å²) in [7, 11) is 0. The lowest BCUT2D eigenvalue weighted by Crippen LogP contribution is -2.39. The highest BCUT2D eigenvalue weighted by atomic mass is 16.5. The van der Waals surface area contributed by atoms with Crippen LogP contribution >= 0.6 is 0 Å². The van der Waals surface area contributed by atoms with E-state index >= 15 is 0 Å². The Balaban J connectivity index is 1.42. The zero-order valence-corrected chi connectivity index (χ0v) is 11.8. The second-order valence-corrected chi connectivity index (χ2v) is 6.37. The maximum Gasteiger partial charge on any atom is 0.0653 e. The Morgan fingerprint density at radius 2 is 2.15 bits per heavy atom. The number of H-pyrrole nitrogens is 1. The van der Waals surface area contributed by atoms with Crippen LogP contribution in [0.3, 0.4) is 0 Å². The monoisotopic (exact) mass is 271 g/mol. The van der Waals surface area contributed by atoms with Gasteiger partial charge in [0.15, 0.2) is 0 Å². The van der Waals surface area contributed by atoms with Crippen LogP contribution in [-0.2, 0) is 11.3 Å². The second-order valence-electron chi connectivity index (χ2n) is 6.37. The van der Waals surface area contributed by atoms with Gasteiger partial charge in [0.1, 0.15) is 0 Å². The number of fused-ring (bicyclic) bond motifs is 1. The molecule has 4 rings (SSSR count). The molecule has 0 amide bonds.